The van der Waals surface area contributed by atoms with Gasteiger partial charge in [-0.15, -0.1) is 0 Å². The predicted molar refractivity (Wildman–Crippen MR) is 69.4 cm³/mol. The van der Waals surface area contributed by atoms with Crippen LogP contribution >= 0.6 is 0 Å². The number of amides is 1. The number of likely N-dealkylation sites (tertiary alicyclic amines) is 1. The average molecular weight is 259 g/mol. The molecule has 2 atom stereocenters. The minimum absolute atomic E-state index is 0.00935. The van der Waals surface area contributed by atoms with Gasteiger partial charge in [-0.3, -0.25) is 9.69 Å². The lowest BCUT2D eigenvalue weighted by Gasteiger charge is -2.25. The molecule has 0 aliphatic carbocycles. The molecule has 106 valence electrons. The second-order valence-corrected chi connectivity index (χ2v) is 5.08. The first-order valence-electron chi connectivity index (χ1n) is 6.35. The van der Waals surface area contributed by atoms with Crippen molar-refractivity contribution in [2.24, 2.45) is 0 Å². The van der Waals surface area contributed by atoms with Gasteiger partial charge in [-0.2, -0.15) is 0 Å². The molecule has 1 rings (SSSR count). The minimum Gasteiger partial charge on any atom is -0.392 e. The molecule has 18 heavy (non-hydrogen) atoms. The van der Waals surface area contributed by atoms with E-state index in [9.17, 15) is 9.90 Å². The lowest BCUT2D eigenvalue weighted by atomic mass is 10.2. The zero-order valence-corrected chi connectivity index (χ0v) is 11.6. The van der Waals surface area contributed by atoms with Crippen LogP contribution in [0.1, 0.15) is 6.42 Å². The number of ether oxygens (including phenoxy) is 1. The lowest BCUT2D eigenvalue weighted by molar-refractivity contribution is -0.122. The van der Waals surface area contributed by atoms with Crippen LogP contribution in [0.2, 0.25) is 0 Å². The highest BCUT2D eigenvalue weighted by molar-refractivity contribution is 5.78. The smallest absolute Gasteiger partial charge is 0.234 e. The molecule has 1 saturated heterocycles. The van der Waals surface area contributed by atoms with Crippen molar-refractivity contribution >= 4 is 5.91 Å². The number of likely N-dealkylation sites (N-methyl/N-ethyl adjacent to an activating group) is 1. The van der Waals surface area contributed by atoms with Gasteiger partial charge in [-0.1, -0.05) is 0 Å². The Labute approximate surface area is 109 Å². The number of nitrogens with zero attached hydrogens (tertiary/aromatic N) is 2. The summed E-state index contributed by atoms with van der Waals surface area (Å²) in [5.41, 5.74) is 0. The van der Waals surface area contributed by atoms with Crippen molar-refractivity contribution in [3.05, 3.63) is 0 Å². The summed E-state index contributed by atoms with van der Waals surface area (Å²) in [6.07, 6.45) is 0.422. The maximum Gasteiger partial charge on any atom is 0.234 e. The topological polar surface area (TPSA) is 65.0 Å². The molecule has 1 fully saturated rings. The van der Waals surface area contributed by atoms with Gasteiger partial charge >= 0.3 is 0 Å². The number of carbonyl (C=O) groups is 1. The lowest BCUT2D eigenvalue weighted by Crippen LogP contribution is -2.44. The maximum atomic E-state index is 11.7. The third-order valence-electron chi connectivity index (χ3n) is 3.06. The SMILES string of the molecule is COCCNC(=O)CN1CC(O)CC1CN(C)C. The van der Waals surface area contributed by atoms with Crippen LogP contribution in [0, 0.1) is 0 Å². The second-order valence-electron chi connectivity index (χ2n) is 5.08. The van der Waals surface area contributed by atoms with E-state index >= 15 is 0 Å². The Bertz CT molecular complexity index is 261. The molecule has 1 aliphatic heterocycles. The van der Waals surface area contributed by atoms with Crippen molar-refractivity contribution in [2.45, 2.75) is 18.6 Å². The zero-order valence-electron chi connectivity index (χ0n) is 11.6. The zero-order chi connectivity index (χ0) is 13.5. The number of nitrogens with one attached hydrogen (secondary N) is 1. The van der Waals surface area contributed by atoms with E-state index in [1.165, 1.54) is 0 Å². The van der Waals surface area contributed by atoms with Gasteiger partial charge < -0.3 is 20.1 Å². The van der Waals surface area contributed by atoms with E-state index in [2.05, 4.69) is 10.2 Å². The van der Waals surface area contributed by atoms with Crippen LogP contribution in [-0.4, -0.2) is 87.0 Å². The highest BCUT2D eigenvalue weighted by Crippen LogP contribution is 2.17. The summed E-state index contributed by atoms with van der Waals surface area (Å²) in [5.74, 6) is -0.00935. The Kier molecular flexibility index (Phi) is 6.56. The van der Waals surface area contributed by atoms with Crippen LogP contribution in [0.3, 0.4) is 0 Å². The van der Waals surface area contributed by atoms with Gasteiger partial charge in [-0.25, -0.2) is 0 Å². The number of methoxy groups -OCH3 is 1. The fourth-order valence-corrected chi connectivity index (χ4v) is 2.30. The van der Waals surface area contributed by atoms with Gasteiger partial charge in [0.2, 0.25) is 5.91 Å². The minimum atomic E-state index is -0.318. The Morgan fingerprint density at radius 3 is 2.89 bits per heavy atom. The normalized spacial score (nSPS) is 24.7. The van der Waals surface area contributed by atoms with Crippen LogP contribution in [0.15, 0.2) is 0 Å². The molecule has 1 heterocycles. The molecule has 0 bridgehead atoms. The Balaban J connectivity index is 2.36. The van der Waals surface area contributed by atoms with E-state index in [1.54, 1.807) is 7.11 Å². The quantitative estimate of drug-likeness (QED) is 0.559. The molecular formula is C12H25N3O3. The molecule has 0 aromatic carbocycles. The van der Waals surface area contributed by atoms with Gasteiger partial charge in [0.15, 0.2) is 0 Å². The fourth-order valence-electron chi connectivity index (χ4n) is 2.30. The molecule has 0 spiro atoms. The number of rotatable bonds is 7. The molecule has 0 saturated carbocycles. The first-order chi connectivity index (χ1) is 8.52. The van der Waals surface area contributed by atoms with E-state index in [-0.39, 0.29) is 18.1 Å². The van der Waals surface area contributed by atoms with Crippen molar-refractivity contribution in [2.75, 3.05) is 54.0 Å². The molecule has 0 radical (unpaired) electrons. The molecule has 6 nitrogen and oxygen atoms in total. The standard InChI is InChI=1S/C12H25N3O3/c1-14(2)7-10-6-11(16)8-15(10)9-12(17)13-4-5-18-3/h10-11,16H,4-9H2,1-3H3,(H,13,17). The van der Waals surface area contributed by atoms with Crippen LogP contribution in [0.25, 0.3) is 0 Å². The number of hydrogen-bond acceptors (Lipinski definition) is 5. The summed E-state index contributed by atoms with van der Waals surface area (Å²) in [7, 11) is 5.61. The third kappa shape index (κ3) is 5.30. The summed E-state index contributed by atoms with van der Waals surface area (Å²) in [4.78, 5) is 15.8. The highest BCUT2D eigenvalue weighted by atomic mass is 16.5. The first kappa shape index (κ1) is 15.4. The van der Waals surface area contributed by atoms with Crippen molar-refractivity contribution in [3.63, 3.8) is 0 Å². The van der Waals surface area contributed by atoms with Crippen molar-refractivity contribution in [1.29, 1.82) is 0 Å². The summed E-state index contributed by atoms with van der Waals surface area (Å²) >= 11 is 0. The fraction of sp³-hybridized carbons (Fsp3) is 0.917. The number of aliphatic hydroxyl groups is 1. The van der Waals surface area contributed by atoms with Crippen LogP contribution in [-0.2, 0) is 9.53 Å². The van der Waals surface area contributed by atoms with E-state index in [4.69, 9.17) is 4.74 Å². The molecule has 0 aromatic heterocycles. The highest BCUT2D eigenvalue weighted by Gasteiger charge is 2.32. The Morgan fingerprint density at radius 1 is 1.56 bits per heavy atom. The van der Waals surface area contributed by atoms with Gasteiger partial charge in [0, 0.05) is 32.8 Å². The third-order valence-corrected chi connectivity index (χ3v) is 3.06. The van der Waals surface area contributed by atoms with Crippen molar-refractivity contribution in [3.8, 4) is 0 Å². The van der Waals surface area contributed by atoms with Crippen molar-refractivity contribution in [1.82, 2.24) is 15.1 Å². The summed E-state index contributed by atoms with van der Waals surface area (Å²) in [6.45, 7) is 2.84. The van der Waals surface area contributed by atoms with E-state index in [1.807, 2.05) is 19.0 Å². The second kappa shape index (κ2) is 7.68. The Hall–Kier alpha value is -0.690. The largest absolute Gasteiger partial charge is 0.392 e. The van der Waals surface area contributed by atoms with Gasteiger partial charge in [0.05, 0.1) is 19.3 Å². The maximum absolute atomic E-state index is 11.7. The number of β-amino-alcohol motifs (C(OH)–C–C–N with tert-alkyl or cyclic N) is 1. The van der Waals surface area contributed by atoms with E-state index in [0.29, 0.717) is 26.2 Å². The molecular weight excluding hydrogens is 234 g/mol. The van der Waals surface area contributed by atoms with Gasteiger partial charge in [0.25, 0.3) is 0 Å². The van der Waals surface area contributed by atoms with Gasteiger partial charge in [-0.05, 0) is 20.5 Å². The summed E-state index contributed by atoms with van der Waals surface area (Å²) in [5, 5.41) is 12.5. The molecule has 2 unspecified atom stereocenters. The van der Waals surface area contributed by atoms with Crippen LogP contribution in [0.4, 0.5) is 0 Å². The van der Waals surface area contributed by atoms with E-state index < -0.39 is 0 Å². The molecule has 2 N–H and O–H groups in total. The molecule has 1 aliphatic rings. The Morgan fingerprint density at radius 2 is 2.28 bits per heavy atom. The van der Waals surface area contributed by atoms with Crippen molar-refractivity contribution < 1.29 is 14.6 Å². The monoisotopic (exact) mass is 259 g/mol. The summed E-state index contributed by atoms with van der Waals surface area (Å²) in [6, 6.07) is 0.253. The number of aliphatic hydroxyl groups excluding tert-OH is 1. The van der Waals surface area contributed by atoms with Crippen LogP contribution in [0.5, 0.6) is 0 Å². The molecule has 6 heteroatoms. The summed E-state index contributed by atoms with van der Waals surface area (Å²) < 4.78 is 4.88. The van der Waals surface area contributed by atoms with Crippen LogP contribution < -0.4 is 5.32 Å². The molecule has 1 amide bonds. The first-order valence-corrected chi connectivity index (χ1v) is 6.35. The number of carbonyl (C=O) groups excluding carboxylic acids is 1. The van der Waals surface area contributed by atoms with Gasteiger partial charge in [0.1, 0.15) is 0 Å². The van der Waals surface area contributed by atoms with E-state index in [0.717, 1.165) is 13.0 Å². The molecule has 0 aromatic rings. The average Bonchev–Trinajstić information content (AvgIpc) is 2.58. The predicted octanol–water partition coefficient (Wildman–Crippen LogP) is -1.25. The number of hydrogen-bond donors (Lipinski definition) is 2.